The molecule has 0 saturated heterocycles. The van der Waals surface area contributed by atoms with E-state index in [0.29, 0.717) is 0 Å². The summed E-state index contributed by atoms with van der Waals surface area (Å²) in [6, 6.07) is 0. The van der Waals surface area contributed by atoms with Gasteiger partial charge in [-0.1, -0.05) is 12.2 Å². The smallest absolute Gasteiger partial charge is 0.137 e. The fourth-order valence-electron chi connectivity index (χ4n) is 0.632. The lowest BCUT2D eigenvalue weighted by molar-refractivity contribution is -0.0310. The van der Waals surface area contributed by atoms with Crippen molar-refractivity contribution in [2.24, 2.45) is 0 Å². The Labute approximate surface area is 71.1 Å². The molecule has 0 aliphatic rings. The quantitative estimate of drug-likeness (QED) is 0.323. The maximum absolute atomic E-state index is 8.98. The second-order valence-corrected chi connectivity index (χ2v) is 3.07. The van der Waals surface area contributed by atoms with E-state index >= 15 is 0 Å². The fraction of sp³-hybridized carbons (Fsp3) is 0.800. The monoisotopic (exact) mass is 181 g/mol. The van der Waals surface area contributed by atoms with Crippen molar-refractivity contribution in [2.75, 3.05) is 0 Å². The summed E-state index contributed by atoms with van der Waals surface area (Å²) in [6.07, 6.45) is -1.60. The zero-order chi connectivity index (χ0) is 8.31. The van der Waals surface area contributed by atoms with E-state index < -0.39 is 12.5 Å². The maximum atomic E-state index is 8.98. The van der Waals surface area contributed by atoms with E-state index in [9.17, 15) is 0 Å². The largest absolute Gasteiger partial charge is 0.374 e. The maximum Gasteiger partial charge on any atom is 0.137 e. The summed E-state index contributed by atoms with van der Waals surface area (Å²) in [6.45, 7) is 3.02. The van der Waals surface area contributed by atoms with Gasteiger partial charge in [0.2, 0.25) is 0 Å². The molecule has 0 bridgehead atoms. The van der Waals surface area contributed by atoms with E-state index in [1.54, 1.807) is 0 Å². The van der Waals surface area contributed by atoms with Gasteiger partial charge in [-0.15, -0.1) is 12.6 Å². The molecule has 0 aromatic carbocycles. The van der Waals surface area contributed by atoms with Crippen molar-refractivity contribution in [3.05, 3.63) is 0 Å². The van der Waals surface area contributed by atoms with Gasteiger partial charge in [0.15, 0.2) is 0 Å². The predicted octanol–water partition coefficient (Wildman–Crippen LogP) is 0.180. The van der Waals surface area contributed by atoms with Crippen LogP contribution in [0.1, 0.15) is 13.8 Å². The van der Waals surface area contributed by atoms with Gasteiger partial charge in [0, 0.05) is 0 Å². The molecule has 2 unspecified atom stereocenters. The van der Waals surface area contributed by atoms with Crippen LogP contribution in [0, 0.1) is 0 Å². The van der Waals surface area contributed by atoms with Crippen LogP contribution in [0.4, 0.5) is 0 Å². The Kier molecular flexibility index (Phi) is 4.19. The van der Waals surface area contributed by atoms with Gasteiger partial charge in [-0.2, -0.15) is 0 Å². The highest BCUT2D eigenvalue weighted by Crippen LogP contribution is 2.05. The van der Waals surface area contributed by atoms with Gasteiger partial charge >= 0.3 is 0 Å². The molecule has 5 heteroatoms. The van der Waals surface area contributed by atoms with Crippen molar-refractivity contribution < 1.29 is 10.2 Å². The summed E-state index contributed by atoms with van der Waals surface area (Å²) >= 11 is 8.45. The minimum absolute atomic E-state index is 0.185. The topological polar surface area (TPSA) is 43.7 Å². The molecule has 0 saturated carbocycles. The molecule has 0 radical (unpaired) electrons. The van der Waals surface area contributed by atoms with Crippen LogP contribution >= 0.6 is 24.8 Å². The first kappa shape index (κ1) is 10.2. The molecule has 3 nitrogen and oxygen atoms in total. The van der Waals surface area contributed by atoms with E-state index in [1.165, 1.54) is 18.7 Å². The summed E-state index contributed by atoms with van der Waals surface area (Å²) < 4.78 is 0.185. The lowest BCUT2D eigenvalue weighted by Gasteiger charge is -2.28. The third-order valence-corrected chi connectivity index (χ3v) is 1.47. The summed E-state index contributed by atoms with van der Waals surface area (Å²) in [5.74, 6) is 0. The molecule has 0 aromatic rings. The van der Waals surface area contributed by atoms with E-state index in [0.717, 1.165) is 0 Å². The van der Waals surface area contributed by atoms with Gasteiger partial charge in [0.1, 0.15) is 16.8 Å². The third-order valence-electron chi connectivity index (χ3n) is 1.03. The second kappa shape index (κ2) is 4.12. The molecule has 0 aromatic heterocycles. The van der Waals surface area contributed by atoms with E-state index in [-0.39, 0.29) is 4.32 Å². The Hall–Kier alpha value is 0.160. The van der Waals surface area contributed by atoms with Crippen LogP contribution in [0.15, 0.2) is 0 Å². The van der Waals surface area contributed by atoms with Gasteiger partial charge in [-0.3, -0.25) is 0 Å². The zero-order valence-electron chi connectivity index (χ0n) is 5.85. The average molecular weight is 181 g/mol. The number of thiol groups is 1. The Balaban J connectivity index is 4.12. The van der Waals surface area contributed by atoms with Crippen molar-refractivity contribution >= 4 is 29.2 Å². The summed E-state index contributed by atoms with van der Waals surface area (Å²) in [5, 5.41) is 18.0. The van der Waals surface area contributed by atoms with Gasteiger partial charge in [0.05, 0.1) is 0 Å². The molecule has 2 N–H and O–H groups in total. The number of aliphatic hydroxyl groups is 2. The molecule has 2 atom stereocenters. The summed E-state index contributed by atoms with van der Waals surface area (Å²) in [4.78, 5) is 1.21. The minimum Gasteiger partial charge on any atom is -0.374 e. The van der Waals surface area contributed by atoms with Crippen molar-refractivity contribution in [3.63, 3.8) is 0 Å². The van der Waals surface area contributed by atoms with E-state index in [1.807, 2.05) is 0 Å². The number of hydrogen-bond acceptors (Lipinski definition) is 3. The number of rotatable bonds is 2. The molecule has 0 fully saturated rings. The molecule has 0 aliphatic heterocycles. The predicted molar refractivity (Wildman–Crippen MR) is 46.8 cm³/mol. The van der Waals surface area contributed by atoms with Crippen LogP contribution < -0.4 is 0 Å². The average Bonchev–Trinajstić information content (AvgIpc) is 1.59. The molecule has 10 heavy (non-hydrogen) atoms. The van der Waals surface area contributed by atoms with Gasteiger partial charge in [0.25, 0.3) is 0 Å². The molecule has 60 valence electrons. The number of aliphatic hydroxyl groups excluding tert-OH is 2. The number of hydrogen-bond donors (Lipinski definition) is 3. The highest BCUT2D eigenvalue weighted by Gasteiger charge is 2.16. The first-order chi connectivity index (χ1) is 4.46. The van der Waals surface area contributed by atoms with Gasteiger partial charge in [-0.25, -0.2) is 0 Å². The summed E-state index contributed by atoms with van der Waals surface area (Å²) in [7, 11) is 0. The first-order valence-electron chi connectivity index (χ1n) is 2.84. The molecular weight excluding hydrogens is 170 g/mol. The first-order valence-corrected chi connectivity index (χ1v) is 3.69. The van der Waals surface area contributed by atoms with Gasteiger partial charge < -0.3 is 15.1 Å². The second-order valence-electron chi connectivity index (χ2n) is 1.95. The standard InChI is InChI=1S/C5H11NO2S2/c1-3(7)6(4(2)8)5(9)10/h3-4,7-8H,1-2H3,(H,9,10). The van der Waals surface area contributed by atoms with Crippen LogP contribution in [0.5, 0.6) is 0 Å². The Bertz CT molecular complexity index is 119. The van der Waals surface area contributed by atoms with E-state index in [4.69, 9.17) is 10.2 Å². The SMILES string of the molecule is CC(O)N(C(=S)S)C(C)O. The van der Waals surface area contributed by atoms with Crippen LogP contribution in [0.25, 0.3) is 0 Å². The highest BCUT2D eigenvalue weighted by atomic mass is 32.1. The molecule has 0 heterocycles. The Morgan fingerprint density at radius 3 is 1.70 bits per heavy atom. The molecular formula is C5H11NO2S2. The zero-order valence-corrected chi connectivity index (χ0v) is 7.56. The molecule has 0 spiro atoms. The van der Waals surface area contributed by atoms with Crippen molar-refractivity contribution in [3.8, 4) is 0 Å². The lowest BCUT2D eigenvalue weighted by Crippen LogP contribution is -2.41. The van der Waals surface area contributed by atoms with Crippen LogP contribution in [0.2, 0.25) is 0 Å². The Morgan fingerprint density at radius 2 is 1.70 bits per heavy atom. The fourth-order valence-corrected chi connectivity index (χ4v) is 1.27. The van der Waals surface area contributed by atoms with E-state index in [2.05, 4.69) is 24.8 Å². The van der Waals surface area contributed by atoms with Crippen LogP contribution in [-0.4, -0.2) is 31.9 Å². The van der Waals surface area contributed by atoms with Crippen LogP contribution in [0.3, 0.4) is 0 Å². The number of thiocarbonyl (C=S) groups is 1. The van der Waals surface area contributed by atoms with Crippen LogP contribution in [-0.2, 0) is 0 Å². The third kappa shape index (κ3) is 2.83. The lowest BCUT2D eigenvalue weighted by atomic mass is 10.5. The summed E-state index contributed by atoms with van der Waals surface area (Å²) in [5.41, 5.74) is 0. The minimum atomic E-state index is -0.801. The van der Waals surface area contributed by atoms with Gasteiger partial charge in [-0.05, 0) is 13.8 Å². The number of nitrogens with zero attached hydrogens (tertiary/aromatic N) is 1. The normalized spacial score (nSPS) is 16.1. The molecule has 0 amide bonds. The van der Waals surface area contributed by atoms with Crippen molar-refractivity contribution in [2.45, 2.75) is 26.3 Å². The highest BCUT2D eigenvalue weighted by molar-refractivity contribution is 8.10. The van der Waals surface area contributed by atoms with Crippen molar-refractivity contribution in [1.82, 2.24) is 4.90 Å². The molecule has 0 aliphatic carbocycles. The van der Waals surface area contributed by atoms with Crippen molar-refractivity contribution in [1.29, 1.82) is 0 Å². The Morgan fingerprint density at radius 1 is 1.40 bits per heavy atom. The molecule has 0 rings (SSSR count).